The van der Waals surface area contributed by atoms with E-state index in [9.17, 15) is 8.78 Å². The fourth-order valence-corrected chi connectivity index (χ4v) is 1.24. The van der Waals surface area contributed by atoms with Gasteiger partial charge in [0, 0.05) is 0 Å². The van der Waals surface area contributed by atoms with Crippen LogP contribution in [0.5, 0.6) is 0 Å². The van der Waals surface area contributed by atoms with E-state index in [0.717, 1.165) is 6.07 Å². The van der Waals surface area contributed by atoms with Crippen molar-refractivity contribution in [1.29, 1.82) is 5.26 Å². The van der Waals surface area contributed by atoms with Crippen molar-refractivity contribution >= 4 is 11.5 Å². The maximum absolute atomic E-state index is 13.4. The van der Waals surface area contributed by atoms with Gasteiger partial charge in [-0.25, -0.2) is 8.78 Å². The molecular weight excluding hydrogens is 226 g/mol. The van der Waals surface area contributed by atoms with Gasteiger partial charge in [0.05, 0.1) is 17.4 Å². The molecule has 1 heterocycles. The Morgan fingerprint density at radius 3 is 2.82 bits per heavy atom. The van der Waals surface area contributed by atoms with Crippen molar-refractivity contribution in [2.75, 3.05) is 5.32 Å². The van der Waals surface area contributed by atoms with E-state index in [2.05, 4.69) is 15.5 Å². The van der Waals surface area contributed by atoms with Gasteiger partial charge in [0.15, 0.2) is 17.5 Å². The van der Waals surface area contributed by atoms with Gasteiger partial charge in [-0.15, -0.1) is 5.10 Å². The second-order valence-electron chi connectivity index (χ2n) is 3.13. The van der Waals surface area contributed by atoms with Gasteiger partial charge in [-0.3, -0.25) is 0 Å². The highest BCUT2D eigenvalue weighted by atomic mass is 19.2. The summed E-state index contributed by atoms with van der Waals surface area (Å²) in [5, 5.41) is 18.5. The van der Waals surface area contributed by atoms with Gasteiger partial charge in [0.25, 0.3) is 0 Å². The van der Waals surface area contributed by atoms with Crippen LogP contribution in [0.4, 0.5) is 20.3 Å². The Morgan fingerprint density at radius 1 is 1.24 bits per heavy atom. The maximum atomic E-state index is 13.4. The van der Waals surface area contributed by atoms with Crippen molar-refractivity contribution in [2.45, 2.75) is 0 Å². The van der Waals surface area contributed by atoms with Gasteiger partial charge >= 0.3 is 0 Å². The van der Waals surface area contributed by atoms with Crippen molar-refractivity contribution in [3.8, 4) is 6.07 Å². The summed E-state index contributed by atoms with van der Waals surface area (Å²) in [6, 6.07) is 6.99. The van der Waals surface area contributed by atoms with Gasteiger partial charge in [-0.1, -0.05) is 6.07 Å². The van der Waals surface area contributed by atoms with Crippen LogP contribution in [-0.2, 0) is 0 Å². The minimum atomic E-state index is -1.03. The number of nitrogens with zero attached hydrogens (tertiary/aromatic N) is 3. The standard InChI is InChI=1S/C11H6F2N4/c12-8-2-1-3-9(10(8)13)16-11-7(6-14)4-5-15-17-11/h1-5H,(H,16,17). The molecule has 1 aromatic heterocycles. The molecule has 4 nitrogen and oxygen atoms in total. The maximum Gasteiger partial charge on any atom is 0.182 e. The minimum absolute atomic E-state index is 0.0829. The number of anilines is 2. The lowest BCUT2D eigenvalue weighted by atomic mass is 10.2. The number of benzene rings is 1. The summed E-state index contributed by atoms with van der Waals surface area (Å²) >= 11 is 0. The van der Waals surface area contributed by atoms with Crippen LogP contribution in [0.15, 0.2) is 30.5 Å². The zero-order chi connectivity index (χ0) is 12.3. The molecule has 0 saturated carbocycles. The Hall–Kier alpha value is -2.55. The average molecular weight is 232 g/mol. The second kappa shape index (κ2) is 4.53. The largest absolute Gasteiger partial charge is 0.335 e. The first-order valence-corrected chi connectivity index (χ1v) is 4.65. The first kappa shape index (κ1) is 11.0. The summed E-state index contributed by atoms with van der Waals surface area (Å²) in [6.45, 7) is 0. The highest BCUT2D eigenvalue weighted by molar-refractivity contribution is 5.62. The molecular formula is C11H6F2N4. The second-order valence-corrected chi connectivity index (χ2v) is 3.13. The molecule has 0 atom stereocenters. The number of hydrogen-bond acceptors (Lipinski definition) is 4. The Labute approximate surface area is 95.5 Å². The van der Waals surface area contributed by atoms with Crippen LogP contribution < -0.4 is 5.32 Å². The Balaban J connectivity index is 2.39. The van der Waals surface area contributed by atoms with E-state index in [1.54, 1.807) is 0 Å². The number of hydrogen-bond donors (Lipinski definition) is 1. The molecule has 2 aromatic rings. The molecule has 0 aliphatic carbocycles. The van der Waals surface area contributed by atoms with E-state index in [4.69, 9.17) is 5.26 Å². The lowest BCUT2D eigenvalue weighted by Gasteiger charge is -2.07. The molecule has 0 unspecified atom stereocenters. The number of halogens is 2. The van der Waals surface area contributed by atoms with Gasteiger partial charge < -0.3 is 5.32 Å². The van der Waals surface area contributed by atoms with E-state index < -0.39 is 11.6 Å². The quantitative estimate of drug-likeness (QED) is 0.863. The van der Waals surface area contributed by atoms with Crippen molar-refractivity contribution < 1.29 is 8.78 Å². The molecule has 1 N–H and O–H groups in total. The fraction of sp³-hybridized carbons (Fsp3) is 0. The number of rotatable bonds is 2. The van der Waals surface area contributed by atoms with E-state index in [1.807, 2.05) is 6.07 Å². The summed E-state index contributed by atoms with van der Waals surface area (Å²) in [5.41, 5.74) is 0.102. The van der Waals surface area contributed by atoms with Crippen LogP contribution in [0.25, 0.3) is 0 Å². The first-order chi connectivity index (χ1) is 8.22. The molecule has 0 spiro atoms. The summed E-state index contributed by atoms with van der Waals surface area (Å²) in [5.74, 6) is -1.92. The van der Waals surface area contributed by atoms with Gasteiger partial charge in [-0.05, 0) is 18.2 Å². The highest BCUT2D eigenvalue weighted by Gasteiger charge is 2.10. The topological polar surface area (TPSA) is 61.6 Å². The van der Waals surface area contributed by atoms with E-state index >= 15 is 0 Å². The smallest absolute Gasteiger partial charge is 0.182 e. The van der Waals surface area contributed by atoms with Crippen LogP contribution in [0.1, 0.15) is 5.56 Å². The molecule has 0 aliphatic heterocycles. The number of nitrogens with one attached hydrogen (secondary N) is 1. The molecule has 0 bridgehead atoms. The molecule has 0 fully saturated rings. The highest BCUT2D eigenvalue weighted by Crippen LogP contribution is 2.21. The SMILES string of the molecule is N#Cc1ccnnc1Nc1cccc(F)c1F. The predicted molar refractivity (Wildman–Crippen MR) is 56.4 cm³/mol. The van der Waals surface area contributed by atoms with Gasteiger partial charge in [0.2, 0.25) is 0 Å². The molecule has 17 heavy (non-hydrogen) atoms. The number of aromatic nitrogens is 2. The zero-order valence-corrected chi connectivity index (χ0v) is 8.48. The number of nitriles is 1. The third kappa shape index (κ3) is 2.18. The van der Waals surface area contributed by atoms with Crippen LogP contribution in [0.2, 0.25) is 0 Å². The van der Waals surface area contributed by atoms with Crippen LogP contribution in [0, 0.1) is 23.0 Å². The summed E-state index contributed by atoms with van der Waals surface area (Å²) in [7, 11) is 0. The van der Waals surface area contributed by atoms with E-state index in [1.165, 1.54) is 24.4 Å². The lowest BCUT2D eigenvalue weighted by molar-refractivity contribution is 0.511. The summed E-state index contributed by atoms with van der Waals surface area (Å²) in [4.78, 5) is 0. The fourth-order valence-electron chi connectivity index (χ4n) is 1.24. The molecule has 0 aliphatic rings. The third-order valence-corrected chi connectivity index (χ3v) is 2.05. The Kier molecular flexibility index (Phi) is 2.92. The van der Waals surface area contributed by atoms with Crippen molar-refractivity contribution in [1.82, 2.24) is 10.2 Å². The molecule has 2 rings (SSSR count). The molecule has 6 heteroatoms. The zero-order valence-electron chi connectivity index (χ0n) is 8.48. The van der Waals surface area contributed by atoms with Crippen molar-refractivity contribution in [3.63, 3.8) is 0 Å². The van der Waals surface area contributed by atoms with E-state index in [0.29, 0.717) is 0 Å². The van der Waals surface area contributed by atoms with Crippen LogP contribution in [-0.4, -0.2) is 10.2 Å². The van der Waals surface area contributed by atoms with Crippen LogP contribution >= 0.6 is 0 Å². The monoisotopic (exact) mass is 232 g/mol. The minimum Gasteiger partial charge on any atom is -0.335 e. The van der Waals surface area contributed by atoms with Gasteiger partial charge in [0.1, 0.15) is 6.07 Å². The van der Waals surface area contributed by atoms with E-state index in [-0.39, 0.29) is 17.1 Å². The summed E-state index contributed by atoms with van der Waals surface area (Å²) in [6.07, 6.45) is 1.34. The first-order valence-electron chi connectivity index (χ1n) is 4.65. The lowest BCUT2D eigenvalue weighted by Crippen LogP contribution is -2.01. The predicted octanol–water partition coefficient (Wildman–Crippen LogP) is 2.37. The molecule has 0 radical (unpaired) electrons. The van der Waals surface area contributed by atoms with Crippen LogP contribution in [0.3, 0.4) is 0 Å². The molecule has 1 aromatic carbocycles. The Morgan fingerprint density at radius 2 is 2.06 bits per heavy atom. The Bertz CT molecular complexity index is 592. The third-order valence-electron chi connectivity index (χ3n) is 2.05. The average Bonchev–Trinajstić information content (AvgIpc) is 2.35. The van der Waals surface area contributed by atoms with Gasteiger partial charge in [-0.2, -0.15) is 10.4 Å². The molecule has 84 valence electrons. The normalized spacial score (nSPS) is 9.71. The van der Waals surface area contributed by atoms with Crippen molar-refractivity contribution in [3.05, 3.63) is 47.7 Å². The molecule has 0 saturated heterocycles. The van der Waals surface area contributed by atoms with Crippen molar-refractivity contribution in [2.24, 2.45) is 0 Å². The molecule has 0 amide bonds. The summed E-state index contributed by atoms with van der Waals surface area (Å²) < 4.78 is 26.3.